The van der Waals surface area contributed by atoms with E-state index in [1.54, 1.807) is 12.1 Å². The fourth-order valence-electron chi connectivity index (χ4n) is 3.42. The van der Waals surface area contributed by atoms with Gasteiger partial charge in [0.15, 0.2) is 0 Å². The van der Waals surface area contributed by atoms with Crippen LogP contribution in [0.3, 0.4) is 0 Å². The zero-order valence-corrected chi connectivity index (χ0v) is 21.8. The maximum atomic E-state index is 12.5. The Morgan fingerprint density at radius 3 is 2.16 bits per heavy atom. The molecule has 208 valence electrons. The molecule has 1 fully saturated rings. The van der Waals surface area contributed by atoms with Crippen LogP contribution < -0.4 is 9.62 Å². The number of unbranched alkanes of at least 4 members (excludes halogenated alkanes) is 1. The number of rotatable bonds is 12. The first kappa shape index (κ1) is 29.6. The van der Waals surface area contributed by atoms with E-state index in [1.807, 2.05) is 43.3 Å². The molecule has 0 amide bonds. The Bertz CT molecular complexity index is 1170. The Hall–Kier alpha value is -2.98. The summed E-state index contributed by atoms with van der Waals surface area (Å²) in [5.74, 6) is 0. The molecule has 0 spiro atoms. The number of aliphatic hydroxyl groups excluding tert-OH is 4. The van der Waals surface area contributed by atoms with Gasteiger partial charge in [-0.3, -0.25) is 0 Å². The number of ether oxygens (including phenoxy) is 1. The second-order valence-electron chi connectivity index (χ2n) is 8.74. The predicted octanol–water partition coefficient (Wildman–Crippen LogP) is 1.03. The van der Waals surface area contributed by atoms with Gasteiger partial charge in [-0.2, -0.15) is 10.2 Å². The number of azo groups is 1. The number of hydrogen-bond acceptors (Lipinski definition) is 12. The highest BCUT2D eigenvalue weighted by Gasteiger charge is 2.44. The molecule has 0 radical (unpaired) electrons. The van der Waals surface area contributed by atoms with Crippen molar-refractivity contribution in [1.82, 2.24) is 4.72 Å². The summed E-state index contributed by atoms with van der Waals surface area (Å²) in [7, 11) is 0.166. The molecule has 2 aromatic carbocycles. The lowest BCUT2D eigenvalue weighted by molar-refractivity contribution is -0.301. The smallest absolute Gasteiger partial charge is 0.256 e. The van der Waals surface area contributed by atoms with Crippen molar-refractivity contribution in [2.24, 2.45) is 15.4 Å². The van der Waals surface area contributed by atoms with Crippen molar-refractivity contribution in [2.45, 2.75) is 48.4 Å². The van der Waals surface area contributed by atoms with Crippen LogP contribution in [0.1, 0.15) is 12.8 Å². The zero-order valence-electron chi connectivity index (χ0n) is 21.0. The molecule has 1 aliphatic heterocycles. The molecule has 0 aliphatic carbocycles. The van der Waals surface area contributed by atoms with E-state index in [4.69, 9.17) is 14.7 Å². The van der Waals surface area contributed by atoms with Crippen LogP contribution in [0, 0.1) is 0 Å². The van der Waals surface area contributed by atoms with Gasteiger partial charge in [0.05, 0.1) is 22.9 Å². The third-order valence-corrected chi connectivity index (χ3v) is 7.16. The van der Waals surface area contributed by atoms with Crippen molar-refractivity contribution >= 4 is 33.3 Å². The molecule has 2 aromatic rings. The van der Waals surface area contributed by atoms with Crippen molar-refractivity contribution in [3.05, 3.63) is 48.5 Å². The van der Waals surface area contributed by atoms with E-state index in [0.717, 1.165) is 5.69 Å². The largest absolute Gasteiger partial charge is 0.394 e. The molecule has 5 atom stereocenters. The van der Waals surface area contributed by atoms with Crippen LogP contribution in [0.25, 0.3) is 0 Å². The van der Waals surface area contributed by atoms with E-state index in [1.165, 1.54) is 18.3 Å². The second-order valence-corrected chi connectivity index (χ2v) is 10.5. The van der Waals surface area contributed by atoms with E-state index < -0.39 is 47.3 Å². The van der Waals surface area contributed by atoms with E-state index >= 15 is 0 Å². The van der Waals surface area contributed by atoms with Crippen molar-refractivity contribution in [3.63, 3.8) is 0 Å². The lowest BCUT2D eigenvalue weighted by atomic mass is 9.99. The average molecular weight is 552 g/mol. The van der Waals surface area contributed by atoms with E-state index in [-0.39, 0.29) is 11.4 Å². The quantitative estimate of drug-likeness (QED) is 0.111. The lowest BCUT2D eigenvalue weighted by Crippen LogP contribution is -2.58. The molecular weight excluding hydrogens is 518 g/mol. The summed E-state index contributed by atoms with van der Waals surface area (Å²) in [5, 5.41) is 50.5. The normalized spacial score (nSPS) is 24.2. The standard InChI is InChI=1S/C24H33N5O8S/c1-29(2)18-9-5-16(6-10-18)27-28-17-7-11-19(12-8-17)38(34,35)26-14-4-3-13-25-37-24-23(33)22(32)21(31)20(15-30)36-24/h5-13,20-24,26,30-33H,3-4,14-15H2,1-2H3/b25-13+,28-27?/t20-,21-,22+,23+,24-/m1/s1. The molecule has 1 saturated heterocycles. The molecule has 1 heterocycles. The first-order valence-corrected chi connectivity index (χ1v) is 13.4. The van der Waals surface area contributed by atoms with Crippen molar-refractivity contribution < 1.29 is 38.4 Å². The number of anilines is 1. The molecule has 0 saturated carbocycles. The molecule has 0 unspecified atom stereocenters. The molecule has 13 nitrogen and oxygen atoms in total. The van der Waals surface area contributed by atoms with Crippen LogP contribution >= 0.6 is 0 Å². The summed E-state index contributed by atoms with van der Waals surface area (Å²) in [6, 6.07) is 13.6. The van der Waals surface area contributed by atoms with Gasteiger partial charge in [-0.05, 0) is 61.4 Å². The average Bonchev–Trinajstić information content (AvgIpc) is 2.91. The van der Waals surface area contributed by atoms with Gasteiger partial charge in [0.2, 0.25) is 10.0 Å². The van der Waals surface area contributed by atoms with Crippen LogP contribution in [0.15, 0.2) is 68.8 Å². The van der Waals surface area contributed by atoms with Crippen LogP contribution in [0.5, 0.6) is 0 Å². The SMILES string of the molecule is CN(C)c1ccc(N=Nc2ccc(S(=O)(=O)NCCC/C=N/O[C@H]3O[C@H](CO)[C@@H](O)[C@H](O)[C@@H]3O)cc2)cc1. The minimum atomic E-state index is -3.73. The maximum Gasteiger partial charge on any atom is 0.256 e. The minimum absolute atomic E-state index is 0.0893. The fraction of sp³-hybridized carbons (Fsp3) is 0.458. The molecule has 0 bridgehead atoms. The Balaban J connectivity index is 1.42. The maximum absolute atomic E-state index is 12.5. The molecule has 3 rings (SSSR count). The number of sulfonamides is 1. The summed E-state index contributed by atoms with van der Waals surface area (Å²) >= 11 is 0. The Morgan fingerprint density at radius 1 is 0.974 bits per heavy atom. The van der Waals surface area contributed by atoms with Gasteiger partial charge in [-0.15, -0.1) is 0 Å². The van der Waals surface area contributed by atoms with Crippen molar-refractivity contribution in [3.8, 4) is 0 Å². The summed E-state index contributed by atoms with van der Waals surface area (Å²) in [5.41, 5.74) is 2.23. The number of nitrogens with zero attached hydrogens (tertiary/aromatic N) is 4. The van der Waals surface area contributed by atoms with Crippen molar-refractivity contribution in [2.75, 3.05) is 32.1 Å². The fourth-order valence-corrected chi connectivity index (χ4v) is 4.49. The monoisotopic (exact) mass is 551 g/mol. The number of benzene rings is 2. The molecule has 5 N–H and O–H groups in total. The van der Waals surface area contributed by atoms with Crippen molar-refractivity contribution in [1.29, 1.82) is 0 Å². The molecule has 38 heavy (non-hydrogen) atoms. The third kappa shape index (κ3) is 8.01. The molecular formula is C24H33N5O8S. The first-order valence-electron chi connectivity index (χ1n) is 11.9. The topological polar surface area (TPSA) is 186 Å². The Labute approximate surface area is 221 Å². The number of oxime groups is 1. The molecule has 14 heteroatoms. The van der Waals surface area contributed by atoms with Crippen LogP contribution in [-0.4, -0.2) is 93.0 Å². The van der Waals surface area contributed by atoms with E-state index in [9.17, 15) is 23.7 Å². The van der Waals surface area contributed by atoms with Gasteiger partial charge >= 0.3 is 0 Å². The zero-order chi connectivity index (χ0) is 27.7. The van der Waals surface area contributed by atoms with Gasteiger partial charge in [0, 0.05) is 32.5 Å². The van der Waals surface area contributed by atoms with Crippen LogP contribution in [0.2, 0.25) is 0 Å². The Kier molecular flexibility index (Phi) is 10.7. The minimum Gasteiger partial charge on any atom is -0.394 e. The number of nitrogens with one attached hydrogen (secondary N) is 1. The van der Waals surface area contributed by atoms with Crippen LogP contribution in [0.4, 0.5) is 17.1 Å². The summed E-state index contributed by atoms with van der Waals surface area (Å²) in [6.45, 7) is -0.439. The third-order valence-electron chi connectivity index (χ3n) is 5.68. The second kappa shape index (κ2) is 13.7. The van der Waals surface area contributed by atoms with Crippen LogP contribution in [-0.2, 0) is 19.6 Å². The molecule has 0 aromatic heterocycles. The van der Waals surface area contributed by atoms with Gasteiger partial charge in [0.1, 0.15) is 24.4 Å². The highest BCUT2D eigenvalue weighted by Crippen LogP contribution is 2.23. The lowest BCUT2D eigenvalue weighted by Gasteiger charge is -2.38. The Morgan fingerprint density at radius 2 is 1.58 bits per heavy atom. The first-order chi connectivity index (χ1) is 18.1. The van der Waals surface area contributed by atoms with E-state index in [0.29, 0.717) is 24.2 Å². The summed E-state index contributed by atoms with van der Waals surface area (Å²) < 4.78 is 32.7. The highest BCUT2D eigenvalue weighted by molar-refractivity contribution is 7.89. The summed E-state index contributed by atoms with van der Waals surface area (Å²) in [6.07, 6.45) is -4.98. The van der Waals surface area contributed by atoms with Gasteiger partial charge in [0.25, 0.3) is 6.29 Å². The number of aliphatic hydroxyl groups is 4. The van der Waals surface area contributed by atoms with Gasteiger partial charge in [-0.1, -0.05) is 5.16 Å². The van der Waals surface area contributed by atoms with Gasteiger partial charge in [-0.25, -0.2) is 13.1 Å². The number of hydrogen-bond donors (Lipinski definition) is 5. The predicted molar refractivity (Wildman–Crippen MR) is 139 cm³/mol. The van der Waals surface area contributed by atoms with E-state index in [2.05, 4.69) is 20.1 Å². The molecule has 1 aliphatic rings. The van der Waals surface area contributed by atoms with Gasteiger partial charge < -0.3 is 34.9 Å². The summed E-state index contributed by atoms with van der Waals surface area (Å²) in [4.78, 5) is 7.06. The highest BCUT2D eigenvalue weighted by atomic mass is 32.2.